The second-order valence-corrected chi connectivity index (χ2v) is 18.2. The van der Waals surface area contributed by atoms with Gasteiger partial charge in [0.2, 0.25) is 0 Å². The third-order valence-corrected chi connectivity index (χ3v) is 14.1. The van der Waals surface area contributed by atoms with Crippen LogP contribution in [0.4, 0.5) is 0 Å². The quantitative estimate of drug-likeness (QED) is 0.151. The van der Waals surface area contributed by atoms with Crippen LogP contribution in [0.1, 0.15) is 0 Å². The highest BCUT2D eigenvalue weighted by atomic mass is 32.1. The Morgan fingerprint density at radius 1 is 0.304 bits per heavy atom. The molecule has 9 aromatic carbocycles. The molecule has 0 atom stereocenters. The molecule has 7 nitrogen and oxygen atoms in total. The average molecular weight is 902 g/mol. The fraction of sp³-hybridized carbons (Fsp3) is 0.0164. The van der Waals surface area contributed by atoms with Crippen LogP contribution in [0.15, 0.2) is 218 Å². The standard InChI is InChI=1S/C61H39N7S/c1-68-53-46(42-27-16-29-44(35-42)60-64-56(38-19-6-2-7-20-38)62-57(65-60)39-21-8-3-9-22-39)32-18-33-48(53)52-54(68)49(37-50-47-31-14-15-34-51(47)69-55(50)52)43-28-17-30-45(36-43)61-66-58(40-23-10-4-11-24-40)63-59(67-61)41-25-12-5-13-26-41/h2-37H,1H3. The molecule has 4 heterocycles. The van der Waals surface area contributed by atoms with Gasteiger partial charge in [-0.05, 0) is 35.4 Å². The van der Waals surface area contributed by atoms with Crippen LogP contribution in [-0.2, 0) is 7.05 Å². The molecule has 0 radical (unpaired) electrons. The Labute approximate surface area is 401 Å². The Bertz CT molecular complexity index is 3960. The smallest absolute Gasteiger partial charge is 0.164 e. The van der Waals surface area contributed by atoms with E-state index in [-0.39, 0.29) is 0 Å². The summed E-state index contributed by atoms with van der Waals surface area (Å²) in [6.07, 6.45) is 0. The minimum absolute atomic E-state index is 0.618. The first kappa shape index (κ1) is 40.3. The zero-order valence-corrected chi connectivity index (χ0v) is 38.1. The van der Waals surface area contributed by atoms with Crippen LogP contribution in [0.2, 0.25) is 0 Å². The van der Waals surface area contributed by atoms with Crippen molar-refractivity contribution in [2.45, 2.75) is 0 Å². The lowest BCUT2D eigenvalue weighted by atomic mass is 9.96. The molecule has 0 saturated heterocycles. The third kappa shape index (κ3) is 7.13. The molecule has 4 aromatic heterocycles. The average Bonchev–Trinajstić information content (AvgIpc) is 3.96. The Balaban J connectivity index is 1.01. The summed E-state index contributed by atoms with van der Waals surface area (Å²) in [7, 11) is 2.21. The molecule has 0 saturated carbocycles. The molecule has 0 spiro atoms. The van der Waals surface area contributed by atoms with Crippen LogP contribution in [0.5, 0.6) is 0 Å². The van der Waals surface area contributed by atoms with E-state index in [1.165, 1.54) is 30.9 Å². The van der Waals surface area contributed by atoms with Gasteiger partial charge in [-0.25, -0.2) is 29.9 Å². The predicted octanol–water partition coefficient (Wildman–Crippen LogP) is 15.4. The summed E-state index contributed by atoms with van der Waals surface area (Å²) in [5.41, 5.74) is 12.3. The number of para-hydroxylation sites is 1. The molecule has 0 aliphatic carbocycles. The lowest BCUT2D eigenvalue weighted by Crippen LogP contribution is -2.00. The van der Waals surface area contributed by atoms with Crippen molar-refractivity contribution < 1.29 is 0 Å². The van der Waals surface area contributed by atoms with Gasteiger partial charge in [0.05, 0.1) is 11.0 Å². The Hall–Kier alpha value is -8.98. The summed E-state index contributed by atoms with van der Waals surface area (Å²) in [6, 6.07) is 75.6. The van der Waals surface area contributed by atoms with Gasteiger partial charge in [0.25, 0.3) is 0 Å². The van der Waals surface area contributed by atoms with Crippen molar-refractivity contribution in [3.63, 3.8) is 0 Å². The SMILES string of the molecule is Cn1c2c(-c3cccc(-c4nc(-c5ccccc5)nc(-c5ccccc5)n4)c3)cccc2c2c3sc4ccccc4c3cc(-c3cccc(-c4nc(-c5ccccc5)nc(-c5ccccc5)n4)c3)c21. The number of aromatic nitrogens is 7. The van der Waals surface area contributed by atoms with E-state index in [9.17, 15) is 0 Å². The molecular weight excluding hydrogens is 863 g/mol. The van der Waals surface area contributed by atoms with Gasteiger partial charge in [-0.1, -0.05) is 194 Å². The van der Waals surface area contributed by atoms with Crippen molar-refractivity contribution in [1.29, 1.82) is 0 Å². The summed E-state index contributed by atoms with van der Waals surface area (Å²) in [4.78, 5) is 30.3. The minimum Gasteiger partial charge on any atom is -0.343 e. The van der Waals surface area contributed by atoms with Crippen molar-refractivity contribution in [2.75, 3.05) is 0 Å². The number of nitrogens with zero attached hydrogens (tertiary/aromatic N) is 7. The van der Waals surface area contributed by atoms with Crippen LogP contribution in [0, 0.1) is 0 Å². The van der Waals surface area contributed by atoms with E-state index >= 15 is 0 Å². The maximum Gasteiger partial charge on any atom is 0.164 e. The zero-order chi connectivity index (χ0) is 45.8. The molecule has 0 N–H and O–H groups in total. The van der Waals surface area contributed by atoms with Crippen LogP contribution >= 0.6 is 11.3 Å². The number of hydrogen-bond donors (Lipinski definition) is 0. The molecule has 0 bridgehead atoms. The number of thiophene rings is 1. The van der Waals surface area contributed by atoms with Gasteiger partial charge < -0.3 is 4.57 Å². The summed E-state index contributed by atoms with van der Waals surface area (Å²) in [5, 5.41) is 4.91. The van der Waals surface area contributed by atoms with Gasteiger partial charge in [-0.3, -0.25) is 0 Å². The summed E-state index contributed by atoms with van der Waals surface area (Å²) in [5.74, 6) is 3.77. The highest BCUT2D eigenvalue weighted by molar-refractivity contribution is 7.26. The van der Waals surface area contributed by atoms with E-state index in [0.717, 1.165) is 66.7 Å². The van der Waals surface area contributed by atoms with E-state index in [1.54, 1.807) is 0 Å². The minimum atomic E-state index is 0.618. The molecule has 324 valence electrons. The number of fused-ring (bicyclic) bond motifs is 7. The number of aryl methyl sites for hydroxylation is 1. The topological polar surface area (TPSA) is 82.3 Å². The predicted molar refractivity (Wildman–Crippen MR) is 284 cm³/mol. The highest BCUT2D eigenvalue weighted by Crippen LogP contribution is 2.48. The molecule has 13 rings (SSSR count). The molecular formula is C61H39N7S. The Kier molecular flexibility index (Phi) is 9.77. The first-order valence-corrected chi connectivity index (χ1v) is 23.7. The van der Waals surface area contributed by atoms with E-state index in [1.807, 2.05) is 133 Å². The van der Waals surface area contributed by atoms with Crippen LogP contribution < -0.4 is 0 Å². The van der Waals surface area contributed by atoms with E-state index in [2.05, 4.69) is 109 Å². The lowest BCUT2D eigenvalue weighted by Gasteiger charge is -2.12. The van der Waals surface area contributed by atoms with Crippen molar-refractivity contribution in [3.05, 3.63) is 218 Å². The normalized spacial score (nSPS) is 11.6. The highest BCUT2D eigenvalue weighted by Gasteiger charge is 2.23. The van der Waals surface area contributed by atoms with Crippen LogP contribution in [0.25, 0.3) is 133 Å². The molecule has 0 aliphatic rings. The van der Waals surface area contributed by atoms with Crippen LogP contribution in [0.3, 0.4) is 0 Å². The van der Waals surface area contributed by atoms with Gasteiger partial charge in [-0.2, -0.15) is 0 Å². The molecule has 0 unspecified atom stereocenters. The Morgan fingerprint density at radius 2 is 0.681 bits per heavy atom. The maximum absolute atomic E-state index is 5.11. The Morgan fingerprint density at radius 3 is 1.17 bits per heavy atom. The molecule has 13 aromatic rings. The van der Waals surface area contributed by atoms with Crippen molar-refractivity contribution >= 4 is 53.3 Å². The largest absolute Gasteiger partial charge is 0.343 e. The first-order chi connectivity index (χ1) is 34.1. The van der Waals surface area contributed by atoms with E-state index in [4.69, 9.17) is 29.9 Å². The van der Waals surface area contributed by atoms with Gasteiger partial charge >= 0.3 is 0 Å². The molecule has 8 heteroatoms. The molecule has 0 fully saturated rings. The number of rotatable bonds is 8. The van der Waals surface area contributed by atoms with Gasteiger partial charge in [-0.15, -0.1) is 11.3 Å². The summed E-state index contributed by atoms with van der Waals surface area (Å²) >= 11 is 1.86. The first-order valence-electron chi connectivity index (χ1n) is 22.9. The van der Waals surface area contributed by atoms with Gasteiger partial charge in [0, 0.05) is 82.5 Å². The van der Waals surface area contributed by atoms with Gasteiger partial charge in [0.15, 0.2) is 34.9 Å². The fourth-order valence-corrected chi connectivity index (χ4v) is 10.9. The zero-order valence-electron chi connectivity index (χ0n) is 37.3. The number of benzene rings is 9. The van der Waals surface area contributed by atoms with Crippen molar-refractivity contribution in [3.8, 4) is 90.6 Å². The monoisotopic (exact) mass is 901 g/mol. The summed E-state index contributed by atoms with van der Waals surface area (Å²) in [6.45, 7) is 0. The van der Waals surface area contributed by atoms with Gasteiger partial charge in [0.1, 0.15) is 0 Å². The molecule has 69 heavy (non-hydrogen) atoms. The summed E-state index contributed by atoms with van der Waals surface area (Å²) < 4.78 is 4.92. The van der Waals surface area contributed by atoms with Crippen molar-refractivity contribution in [2.24, 2.45) is 7.05 Å². The third-order valence-electron chi connectivity index (χ3n) is 12.9. The second kappa shape index (κ2) is 16.7. The molecule has 0 aliphatic heterocycles. The number of hydrogen-bond acceptors (Lipinski definition) is 7. The van der Waals surface area contributed by atoms with E-state index in [0.29, 0.717) is 34.9 Å². The fourth-order valence-electron chi connectivity index (χ4n) is 9.65. The lowest BCUT2D eigenvalue weighted by molar-refractivity contribution is 1.02. The molecule has 0 amide bonds. The van der Waals surface area contributed by atoms with Crippen LogP contribution in [-0.4, -0.2) is 34.5 Å². The maximum atomic E-state index is 5.11. The van der Waals surface area contributed by atoms with Crippen molar-refractivity contribution in [1.82, 2.24) is 34.5 Å². The van der Waals surface area contributed by atoms with E-state index < -0.39 is 0 Å². The second-order valence-electron chi connectivity index (χ2n) is 17.1.